The molecule has 1 aliphatic heterocycles. The molecule has 0 radical (unpaired) electrons. The molecule has 118 valence electrons. The molecular formula is C14H12BClN2O5. The number of nitrogens with zero attached hydrogens (tertiary/aromatic N) is 2. The summed E-state index contributed by atoms with van der Waals surface area (Å²) in [7, 11) is -1.19. The number of benzene rings is 1. The van der Waals surface area contributed by atoms with Gasteiger partial charge >= 0.3 is 13.1 Å². The van der Waals surface area contributed by atoms with Crippen molar-refractivity contribution in [2.75, 3.05) is 0 Å². The van der Waals surface area contributed by atoms with Gasteiger partial charge in [0.25, 0.3) is 0 Å². The van der Waals surface area contributed by atoms with Crippen LogP contribution in [-0.2, 0) is 9.45 Å². The zero-order valence-corrected chi connectivity index (χ0v) is 12.8. The second-order valence-electron chi connectivity index (χ2n) is 5.11. The Morgan fingerprint density at radius 1 is 1.43 bits per heavy atom. The Morgan fingerprint density at radius 3 is 2.87 bits per heavy atom. The smallest absolute Gasteiger partial charge is 0.481 e. The van der Waals surface area contributed by atoms with E-state index in [2.05, 4.69) is 10.2 Å². The van der Waals surface area contributed by atoms with Crippen LogP contribution in [0.1, 0.15) is 23.7 Å². The number of carboxylic acids is 1. The number of aromatic nitrogens is 2. The van der Waals surface area contributed by atoms with Crippen molar-refractivity contribution in [2.45, 2.75) is 19.4 Å². The molecule has 1 aromatic heterocycles. The lowest BCUT2D eigenvalue weighted by atomic mass is 9.77. The summed E-state index contributed by atoms with van der Waals surface area (Å²) in [6.45, 7) is 1.80. The molecule has 0 bridgehead atoms. The van der Waals surface area contributed by atoms with Crippen molar-refractivity contribution in [1.29, 1.82) is 0 Å². The summed E-state index contributed by atoms with van der Waals surface area (Å²) in [5, 5.41) is 26.7. The number of hydrogen-bond acceptors (Lipinski definition) is 6. The fraction of sp³-hybridized carbons (Fsp3) is 0.214. The molecule has 0 saturated carbocycles. The molecule has 3 rings (SSSR count). The van der Waals surface area contributed by atoms with E-state index in [-0.39, 0.29) is 17.5 Å². The van der Waals surface area contributed by atoms with Crippen LogP contribution in [0.15, 0.2) is 24.3 Å². The Labute approximate surface area is 137 Å². The van der Waals surface area contributed by atoms with E-state index in [9.17, 15) is 9.82 Å². The third kappa shape index (κ3) is 3.29. The van der Waals surface area contributed by atoms with Gasteiger partial charge in [-0.25, -0.2) is 0 Å². The van der Waals surface area contributed by atoms with Gasteiger partial charge in [-0.05, 0) is 41.7 Å². The van der Waals surface area contributed by atoms with E-state index >= 15 is 0 Å². The van der Waals surface area contributed by atoms with Crippen molar-refractivity contribution in [3.8, 4) is 11.6 Å². The number of halogens is 1. The number of carboxylic acid groups (broad SMARTS) is 1. The Balaban J connectivity index is 1.91. The van der Waals surface area contributed by atoms with Gasteiger partial charge < -0.3 is 19.5 Å². The number of aryl methyl sites for hydroxylation is 1. The van der Waals surface area contributed by atoms with Crippen LogP contribution in [0, 0.1) is 6.92 Å². The van der Waals surface area contributed by atoms with Crippen LogP contribution >= 0.6 is 11.6 Å². The molecular weight excluding hydrogens is 322 g/mol. The minimum absolute atomic E-state index is 0.215. The molecule has 0 fully saturated rings. The number of ether oxygens (including phenoxy) is 1. The summed E-state index contributed by atoms with van der Waals surface area (Å²) < 4.78 is 10.9. The lowest BCUT2D eigenvalue weighted by Crippen LogP contribution is -2.28. The Hall–Kier alpha value is -2.16. The molecule has 1 aromatic carbocycles. The normalized spacial score (nSPS) is 16.3. The molecule has 2 N–H and O–H groups in total. The van der Waals surface area contributed by atoms with Gasteiger partial charge in [-0.15, -0.1) is 10.2 Å². The summed E-state index contributed by atoms with van der Waals surface area (Å²) in [6, 6.07) is 6.44. The van der Waals surface area contributed by atoms with E-state index in [1.54, 1.807) is 31.2 Å². The van der Waals surface area contributed by atoms with Crippen molar-refractivity contribution in [3.05, 3.63) is 40.5 Å². The van der Waals surface area contributed by atoms with Gasteiger partial charge in [-0.3, -0.25) is 4.79 Å². The minimum atomic E-state index is -1.19. The van der Waals surface area contributed by atoms with Crippen LogP contribution in [0.3, 0.4) is 0 Å². The molecule has 1 atom stereocenters. The molecule has 0 spiro atoms. The second kappa shape index (κ2) is 6.15. The Morgan fingerprint density at radius 2 is 2.22 bits per heavy atom. The summed E-state index contributed by atoms with van der Waals surface area (Å²) >= 11 is 5.67. The maximum atomic E-state index is 10.9. The first-order valence-corrected chi connectivity index (χ1v) is 7.18. The topological polar surface area (TPSA) is 102 Å². The van der Waals surface area contributed by atoms with E-state index in [1.165, 1.54) is 0 Å². The number of fused-ring (bicyclic) bond motifs is 1. The minimum Gasteiger partial charge on any atom is -0.481 e. The van der Waals surface area contributed by atoms with Crippen molar-refractivity contribution in [1.82, 2.24) is 10.2 Å². The Bertz CT molecular complexity index is 756. The highest BCUT2D eigenvalue weighted by molar-refractivity contribution is 6.62. The van der Waals surface area contributed by atoms with Crippen LogP contribution in [0.2, 0.25) is 5.15 Å². The SMILES string of the molecule is Cc1cc(Oc2ccc(Cl)nn2)cc2c1C(CC(=O)O)OB2O. The van der Waals surface area contributed by atoms with Crippen LogP contribution in [-0.4, -0.2) is 33.4 Å². The van der Waals surface area contributed by atoms with Crippen LogP contribution in [0.25, 0.3) is 0 Å². The first-order chi connectivity index (χ1) is 10.9. The maximum Gasteiger partial charge on any atom is 0.492 e. The maximum absolute atomic E-state index is 10.9. The fourth-order valence-corrected chi connectivity index (χ4v) is 2.68. The van der Waals surface area contributed by atoms with E-state index in [1.807, 2.05) is 0 Å². The predicted octanol–water partition coefficient (Wildman–Crippen LogP) is 1.46. The number of rotatable bonds is 4. The summed E-state index contributed by atoms with van der Waals surface area (Å²) in [5.74, 6) is -0.299. The average Bonchev–Trinajstić information content (AvgIpc) is 2.77. The first-order valence-electron chi connectivity index (χ1n) is 6.81. The molecule has 7 nitrogen and oxygen atoms in total. The third-order valence-corrected chi connectivity index (χ3v) is 3.67. The molecule has 9 heteroatoms. The van der Waals surface area contributed by atoms with Crippen LogP contribution < -0.4 is 10.2 Å². The lowest BCUT2D eigenvalue weighted by molar-refractivity contribution is -0.138. The molecule has 23 heavy (non-hydrogen) atoms. The molecule has 2 heterocycles. The fourth-order valence-electron chi connectivity index (χ4n) is 2.58. The van der Waals surface area contributed by atoms with Crippen LogP contribution in [0.4, 0.5) is 0 Å². The van der Waals surface area contributed by atoms with Gasteiger partial charge in [-0.2, -0.15) is 0 Å². The van der Waals surface area contributed by atoms with Gasteiger partial charge in [0.15, 0.2) is 5.15 Å². The largest absolute Gasteiger partial charge is 0.492 e. The van der Waals surface area contributed by atoms with Gasteiger partial charge in [0.05, 0.1) is 12.5 Å². The second-order valence-corrected chi connectivity index (χ2v) is 5.50. The molecule has 0 saturated heterocycles. The quantitative estimate of drug-likeness (QED) is 0.816. The molecule has 1 unspecified atom stereocenters. The van der Waals surface area contributed by atoms with Gasteiger partial charge in [-0.1, -0.05) is 11.6 Å². The zero-order chi connectivity index (χ0) is 16.6. The number of hydrogen-bond donors (Lipinski definition) is 2. The molecule has 0 amide bonds. The first kappa shape index (κ1) is 15.7. The third-order valence-electron chi connectivity index (χ3n) is 3.46. The Kier molecular flexibility index (Phi) is 4.21. The molecule has 0 aliphatic carbocycles. The highest BCUT2D eigenvalue weighted by atomic mass is 35.5. The van der Waals surface area contributed by atoms with Crippen molar-refractivity contribution >= 4 is 30.2 Å². The summed E-state index contributed by atoms with van der Waals surface area (Å²) in [6.07, 6.45) is -0.893. The number of aliphatic carboxylic acids is 1. The van der Waals surface area contributed by atoms with Gasteiger partial charge in [0.1, 0.15) is 5.75 Å². The monoisotopic (exact) mass is 334 g/mol. The lowest BCUT2D eigenvalue weighted by Gasteiger charge is -2.13. The zero-order valence-electron chi connectivity index (χ0n) is 12.1. The van der Waals surface area contributed by atoms with Crippen molar-refractivity contribution < 1.29 is 24.3 Å². The average molecular weight is 335 g/mol. The van der Waals surface area contributed by atoms with E-state index in [4.69, 9.17) is 26.1 Å². The van der Waals surface area contributed by atoms with Gasteiger partial charge in [0, 0.05) is 6.07 Å². The van der Waals surface area contributed by atoms with Gasteiger partial charge in [0.2, 0.25) is 5.88 Å². The summed E-state index contributed by atoms with van der Waals surface area (Å²) in [4.78, 5) is 10.9. The summed E-state index contributed by atoms with van der Waals surface area (Å²) in [5.41, 5.74) is 1.94. The predicted molar refractivity (Wildman–Crippen MR) is 82.0 cm³/mol. The van der Waals surface area contributed by atoms with Crippen LogP contribution in [0.5, 0.6) is 11.6 Å². The van der Waals surface area contributed by atoms with Crippen molar-refractivity contribution in [2.24, 2.45) is 0 Å². The highest BCUT2D eigenvalue weighted by Crippen LogP contribution is 2.32. The highest BCUT2D eigenvalue weighted by Gasteiger charge is 2.37. The number of carbonyl (C=O) groups is 1. The van der Waals surface area contributed by atoms with E-state index < -0.39 is 19.2 Å². The van der Waals surface area contributed by atoms with E-state index in [0.717, 1.165) is 5.56 Å². The van der Waals surface area contributed by atoms with Crippen molar-refractivity contribution in [3.63, 3.8) is 0 Å². The van der Waals surface area contributed by atoms with E-state index in [0.29, 0.717) is 16.8 Å². The standard InChI is InChI=1S/C14H12BClN2O5/c1-7-4-8(22-12-3-2-11(16)17-18-12)5-9-14(7)10(6-13(19)20)23-15(9)21/h2-5,10,21H,6H2,1H3,(H,19,20). The molecule has 2 aromatic rings. The molecule has 1 aliphatic rings.